The number of rotatable bonds is 27. The summed E-state index contributed by atoms with van der Waals surface area (Å²) in [6.45, 7) is 18.1. The van der Waals surface area contributed by atoms with Crippen LogP contribution in [0.4, 0.5) is 0 Å². The highest BCUT2D eigenvalue weighted by Crippen LogP contribution is 2.31. The molecular formula is C30H64N2O9Si3. The average molecular weight is 681 g/mol. The van der Waals surface area contributed by atoms with Crippen LogP contribution >= 0.6 is 0 Å². The molecule has 1 unspecified atom stereocenters. The van der Waals surface area contributed by atoms with Gasteiger partial charge in [-0.2, -0.15) is 0 Å². The van der Waals surface area contributed by atoms with E-state index in [0.29, 0.717) is 46.2 Å². The van der Waals surface area contributed by atoms with Crippen LogP contribution in [0.15, 0.2) is 30.3 Å². The monoisotopic (exact) mass is 680 g/mol. The first-order valence-electron chi connectivity index (χ1n) is 16.3. The maximum absolute atomic E-state index is 5.89. The van der Waals surface area contributed by atoms with Gasteiger partial charge in [0.15, 0.2) is 0 Å². The molecular weight excluding hydrogens is 617 g/mol. The second-order valence-corrected chi connectivity index (χ2v) is 18.3. The molecule has 1 aromatic rings. The van der Waals surface area contributed by atoms with Crippen molar-refractivity contribution in [3.63, 3.8) is 0 Å². The maximum atomic E-state index is 5.89. The summed E-state index contributed by atoms with van der Waals surface area (Å²) in [5, 5.41) is 3.49. The molecule has 0 amide bonds. The Hall–Kier alpha value is -0.569. The minimum Gasteiger partial charge on any atom is -0.376 e. The standard InChI is InChI=1S/C18H43NO6Si2.C12H21NO3Si/c1-7-20-26(21-8-2,22-9-3)17-13-15-19-16-14-18-27(23-10-4,24-11-5)25-12-6;1-14-17(15-2,16-3)12(9-10-13)11-7-5-4-6-8-11/h19H,7-18H2,1-6H3;4-8,12H,9-10,13H2,1-3H3. The highest BCUT2D eigenvalue weighted by molar-refractivity contribution is 6.62. The molecule has 0 bridgehead atoms. The lowest BCUT2D eigenvalue weighted by molar-refractivity contribution is 0.0705. The predicted octanol–water partition coefficient (Wildman–Crippen LogP) is 4.99. The Morgan fingerprint density at radius 3 is 1.27 bits per heavy atom. The minimum absolute atomic E-state index is 0.0775. The second kappa shape index (κ2) is 26.5. The van der Waals surface area contributed by atoms with Crippen molar-refractivity contribution < 1.29 is 39.8 Å². The fraction of sp³-hybridized carbons (Fsp3) is 0.800. The van der Waals surface area contributed by atoms with Gasteiger partial charge in [-0.1, -0.05) is 30.3 Å². The van der Waals surface area contributed by atoms with Gasteiger partial charge in [-0.15, -0.1) is 0 Å². The van der Waals surface area contributed by atoms with Gasteiger partial charge in [0.1, 0.15) is 0 Å². The van der Waals surface area contributed by atoms with Crippen molar-refractivity contribution >= 4 is 26.4 Å². The molecule has 0 aliphatic rings. The molecule has 0 saturated carbocycles. The first-order chi connectivity index (χ1) is 21.3. The number of nitrogens with two attached hydrogens (primary N) is 1. The Kier molecular flexibility index (Phi) is 26.2. The number of hydrogen-bond acceptors (Lipinski definition) is 11. The van der Waals surface area contributed by atoms with Crippen LogP contribution in [-0.2, 0) is 39.8 Å². The summed E-state index contributed by atoms with van der Waals surface area (Å²) in [6, 6.07) is 11.8. The van der Waals surface area contributed by atoms with Crippen molar-refractivity contribution in [2.24, 2.45) is 5.73 Å². The third-order valence-electron chi connectivity index (χ3n) is 6.80. The van der Waals surface area contributed by atoms with Crippen molar-refractivity contribution in [1.29, 1.82) is 0 Å². The molecule has 1 rings (SSSR count). The molecule has 0 aromatic heterocycles. The van der Waals surface area contributed by atoms with Gasteiger partial charge >= 0.3 is 26.4 Å². The van der Waals surface area contributed by atoms with Crippen LogP contribution in [0.5, 0.6) is 0 Å². The van der Waals surface area contributed by atoms with Gasteiger partial charge in [0.2, 0.25) is 0 Å². The SMILES string of the molecule is CCO[Si](CCCNCCC[Si](OCC)(OCC)OCC)(OCC)OCC.CO[Si](OC)(OC)C(CCN)c1ccccc1. The molecule has 0 saturated heterocycles. The average Bonchev–Trinajstić information content (AvgIpc) is 3.03. The van der Waals surface area contributed by atoms with Gasteiger partial charge in [-0.25, -0.2) is 0 Å². The predicted molar refractivity (Wildman–Crippen MR) is 183 cm³/mol. The molecule has 0 spiro atoms. The molecule has 44 heavy (non-hydrogen) atoms. The van der Waals surface area contributed by atoms with E-state index >= 15 is 0 Å². The summed E-state index contributed by atoms with van der Waals surface area (Å²) >= 11 is 0. The third-order valence-corrected chi connectivity index (χ3v) is 16.3. The van der Waals surface area contributed by atoms with E-state index in [4.69, 9.17) is 45.6 Å². The topological polar surface area (TPSA) is 121 Å². The summed E-state index contributed by atoms with van der Waals surface area (Å²) in [5.41, 5.74) is 6.91. The number of benzene rings is 1. The van der Waals surface area contributed by atoms with Crippen LogP contribution in [-0.4, -0.2) is 107 Å². The van der Waals surface area contributed by atoms with E-state index in [1.807, 2.05) is 59.7 Å². The summed E-state index contributed by atoms with van der Waals surface area (Å²) in [4.78, 5) is 0. The summed E-state index contributed by atoms with van der Waals surface area (Å²) in [5.74, 6) is 0. The number of nitrogens with one attached hydrogen (secondary N) is 1. The summed E-state index contributed by atoms with van der Waals surface area (Å²) in [7, 11) is -2.84. The Balaban J connectivity index is 0.000000928. The Bertz CT molecular complexity index is 711. The Labute approximate surface area is 271 Å². The molecule has 0 fully saturated rings. The highest BCUT2D eigenvalue weighted by Gasteiger charge is 2.47. The first-order valence-corrected chi connectivity index (χ1v) is 21.9. The summed E-state index contributed by atoms with van der Waals surface area (Å²) in [6.07, 6.45) is 2.72. The van der Waals surface area contributed by atoms with Gasteiger partial charge < -0.3 is 50.9 Å². The van der Waals surface area contributed by atoms with E-state index in [1.165, 1.54) is 0 Å². The lowest BCUT2D eigenvalue weighted by Crippen LogP contribution is -2.50. The van der Waals surface area contributed by atoms with E-state index < -0.39 is 26.4 Å². The van der Waals surface area contributed by atoms with Gasteiger partial charge in [-0.05, 0) is 86.0 Å². The van der Waals surface area contributed by atoms with E-state index in [-0.39, 0.29) is 5.54 Å². The normalized spacial score (nSPS) is 13.0. The van der Waals surface area contributed by atoms with Gasteiger partial charge in [0, 0.05) is 73.1 Å². The smallest absolute Gasteiger partial charge is 0.376 e. The van der Waals surface area contributed by atoms with Gasteiger partial charge in [-0.3, -0.25) is 0 Å². The van der Waals surface area contributed by atoms with Crippen LogP contribution < -0.4 is 11.1 Å². The zero-order valence-electron chi connectivity index (χ0n) is 29.1. The Morgan fingerprint density at radius 2 is 0.977 bits per heavy atom. The molecule has 11 nitrogen and oxygen atoms in total. The van der Waals surface area contributed by atoms with Gasteiger partial charge in [0.25, 0.3) is 0 Å². The molecule has 1 aromatic carbocycles. The molecule has 260 valence electrons. The minimum atomic E-state index is -2.69. The largest absolute Gasteiger partial charge is 0.508 e. The van der Waals surface area contributed by atoms with E-state index in [0.717, 1.165) is 50.0 Å². The molecule has 3 N–H and O–H groups in total. The van der Waals surface area contributed by atoms with Crippen LogP contribution in [0.2, 0.25) is 12.1 Å². The zero-order chi connectivity index (χ0) is 33.2. The van der Waals surface area contributed by atoms with Crippen molar-refractivity contribution in [2.45, 2.75) is 78.4 Å². The van der Waals surface area contributed by atoms with E-state index in [1.54, 1.807) is 21.3 Å². The zero-order valence-corrected chi connectivity index (χ0v) is 32.1. The van der Waals surface area contributed by atoms with Gasteiger partial charge in [0.05, 0.1) is 5.54 Å². The van der Waals surface area contributed by atoms with Crippen molar-refractivity contribution in [2.75, 3.05) is 80.6 Å². The van der Waals surface area contributed by atoms with E-state index in [2.05, 4.69) is 17.4 Å². The molecule has 14 heteroatoms. The maximum Gasteiger partial charge on any atom is 0.508 e. The fourth-order valence-corrected chi connectivity index (χ4v) is 12.8. The molecule has 0 radical (unpaired) electrons. The molecule has 1 atom stereocenters. The summed E-state index contributed by atoms with van der Waals surface area (Å²) < 4.78 is 51.9. The van der Waals surface area contributed by atoms with Crippen LogP contribution in [0.3, 0.4) is 0 Å². The molecule has 0 aliphatic heterocycles. The lowest BCUT2D eigenvalue weighted by Gasteiger charge is -2.32. The van der Waals surface area contributed by atoms with Crippen LogP contribution in [0.1, 0.15) is 71.9 Å². The van der Waals surface area contributed by atoms with Crippen molar-refractivity contribution in [3.05, 3.63) is 35.9 Å². The first kappa shape index (κ1) is 43.4. The van der Waals surface area contributed by atoms with Crippen molar-refractivity contribution in [3.8, 4) is 0 Å². The van der Waals surface area contributed by atoms with Crippen molar-refractivity contribution in [1.82, 2.24) is 5.32 Å². The Morgan fingerprint density at radius 1 is 0.614 bits per heavy atom. The quantitative estimate of drug-likeness (QED) is 0.0966. The van der Waals surface area contributed by atoms with E-state index in [9.17, 15) is 0 Å². The number of hydrogen-bond donors (Lipinski definition) is 2. The second-order valence-electron chi connectivity index (χ2n) is 9.68. The lowest BCUT2D eigenvalue weighted by atomic mass is 10.1. The van der Waals surface area contributed by atoms with Crippen LogP contribution in [0, 0.1) is 0 Å². The third kappa shape index (κ3) is 15.8. The molecule has 0 heterocycles. The highest BCUT2D eigenvalue weighted by atomic mass is 28.4. The molecule has 0 aliphatic carbocycles. The van der Waals surface area contributed by atoms with Crippen LogP contribution in [0.25, 0.3) is 0 Å². The fourth-order valence-electron chi connectivity index (χ4n) is 5.06.